The monoisotopic (exact) mass is 452 g/mol. The zero-order valence-electron chi connectivity index (χ0n) is 18.5. The molecule has 2 heterocycles. The van der Waals surface area contributed by atoms with Crippen LogP contribution in [-0.4, -0.2) is 47.8 Å². The van der Waals surface area contributed by atoms with Crippen LogP contribution in [0.15, 0.2) is 40.4 Å². The number of primary amides is 1. The topological polar surface area (TPSA) is 116 Å². The van der Waals surface area contributed by atoms with Crippen molar-refractivity contribution in [1.29, 1.82) is 0 Å². The van der Waals surface area contributed by atoms with Gasteiger partial charge < -0.3 is 25.2 Å². The minimum absolute atomic E-state index is 0.158. The van der Waals surface area contributed by atoms with E-state index < -0.39 is 17.8 Å². The molecule has 4 rings (SSSR count). The van der Waals surface area contributed by atoms with Crippen LogP contribution in [-0.2, 0) is 11.3 Å². The fraction of sp³-hybridized carbons (Fsp3) is 0.304. The molecule has 1 aliphatic heterocycles. The normalized spacial score (nSPS) is 14.7. The van der Waals surface area contributed by atoms with E-state index in [1.807, 2.05) is 4.57 Å². The number of carbonyl (C=O) groups is 1. The molecule has 2 aromatic carbocycles. The third-order valence-corrected chi connectivity index (χ3v) is 5.36. The first kappa shape index (κ1) is 22.3. The number of aromatic nitrogens is 2. The van der Waals surface area contributed by atoms with E-state index >= 15 is 0 Å². The third-order valence-electron chi connectivity index (χ3n) is 5.36. The molecule has 9 nitrogen and oxygen atoms in total. The average molecular weight is 452 g/mol. The minimum atomic E-state index is -0.807. The van der Waals surface area contributed by atoms with Crippen LogP contribution < -0.4 is 20.6 Å². The van der Waals surface area contributed by atoms with Crippen molar-refractivity contribution in [3.05, 3.63) is 41.7 Å². The van der Waals surface area contributed by atoms with E-state index in [4.69, 9.17) is 20.2 Å². The SMILES string of the molecule is C=N/C(=N\NC)c1ccc(-c2nc3cc(O[C@@H](C)C(N)=O)cc4c3n2CCCCO4)cc1F. The molecule has 3 N–H and O–H groups in total. The number of rotatable bonds is 6. The Balaban J connectivity index is 1.84. The molecule has 0 unspecified atom stereocenters. The second-order valence-corrected chi connectivity index (χ2v) is 7.61. The number of nitrogens with two attached hydrogens (primary N) is 1. The first-order valence-electron chi connectivity index (χ1n) is 10.6. The van der Waals surface area contributed by atoms with Crippen LogP contribution in [0.3, 0.4) is 0 Å². The van der Waals surface area contributed by atoms with E-state index in [2.05, 4.69) is 22.2 Å². The lowest BCUT2D eigenvalue weighted by atomic mass is 10.1. The van der Waals surface area contributed by atoms with E-state index in [0.29, 0.717) is 41.6 Å². The summed E-state index contributed by atoms with van der Waals surface area (Å²) in [5, 5.41) is 3.95. The van der Waals surface area contributed by atoms with E-state index in [0.717, 1.165) is 18.4 Å². The summed E-state index contributed by atoms with van der Waals surface area (Å²) in [5.74, 6) is 0.707. The van der Waals surface area contributed by atoms with Crippen molar-refractivity contribution in [3.63, 3.8) is 0 Å². The van der Waals surface area contributed by atoms with Crippen molar-refractivity contribution in [2.24, 2.45) is 15.8 Å². The molecule has 0 bridgehead atoms. The second kappa shape index (κ2) is 9.27. The number of nitrogens with zero attached hydrogens (tertiary/aromatic N) is 4. The number of hydrogen-bond acceptors (Lipinski definition) is 6. The molecule has 33 heavy (non-hydrogen) atoms. The van der Waals surface area contributed by atoms with Crippen LogP contribution in [0.1, 0.15) is 25.3 Å². The Kier molecular flexibility index (Phi) is 6.25. The molecule has 172 valence electrons. The summed E-state index contributed by atoms with van der Waals surface area (Å²) < 4.78 is 28.7. The van der Waals surface area contributed by atoms with Crippen LogP contribution in [0.5, 0.6) is 11.5 Å². The molecule has 1 aromatic heterocycles. The van der Waals surface area contributed by atoms with Gasteiger partial charge in [0.25, 0.3) is 5.91 Å². The molecule has 0 radical (unpaired) electrons. The summed E-state index contributed by atoms with van der Waals surface area (Å²) in [5.41, 5.74) is 10.2. The summed E-state index contributed by atoms with van der Waals surface area (Å²) in [6, 6.07) is 8.24. The van der Waals surface area contributed by atoms with Gasteiger partial charge in [-0.2, -0.15) is 5.10 Å². The number of aliphatic imine (C=N–C) groups is 1. The predicted octanol–water partition coefficient (Wildman–Crippen LogP) is 2.85. The van der Waals surface area contributed by atoms with Crippen LogP contribution in [0.2, 0.25) is 0 Å². The number of amidine groups is 1. The summed E-state index contributed by atoms with van der Waals surface area (Å²) >= 11 is 0. The highest BCUT2D eigenvalue weighted by atomic mass is 19.1. The quantitative estimate of drug-likeness (QED) is 0.339. The number of halogens is 1. The third kappa shape index (κ3) is 4.36. The van der Waals surface area contributed by atoms with Gasteiger partial charge >= 0.3 is 0 Å². The van der Waals surface area contributed by atoms with Gasteiger partial charge in [-0.15, -0.1) is 0 Å². The van der Waals surface area contributed by atoms with Gasteiger partial charge in [0.1, 0.15) is 28.7 Å². The molecular formula is C23H25FN6O3. The Bertz CT molecular complexity index is 1250. The summed E-state index contributed by atoms with van der Waals surface area (Å²) in [6.07, 6.45) is 0.927. The first-order chi connectivity index (χ1) is 15.9. The van der Waals surface area contributed by atoms with Gasteiger partial charge in [-0.25, -0.2) is 14.4 Å². The Labute approximate surface area is 190 Å². The van der Waals surface area contributed by atoms with Gasteiger partial charge in [0.2, 0.25) is 0 Å². The summed E-state index contributed by atoms with van der Waals surface area (Å²) in [4.78, 5) is 20.0. The Morgan fingerprint density at radius 3 is 2.88 bits per heavy atom. The molecule has 0 spiro atoms. The Morgan fingerprint density at radius 1 is 1.36 bits per heavy atom. The summed E-state index contributed by atoms with van der Waals surface area (Å²) in [7, 11) is 1.60. The molecule has 0 saturated carbocycles. The number of hydrogen-bond donors (Lipinski definition) is 2. The Morgan fingerprint density at radius 2 is 2.18 bits per heavy atom. The number of amides is 1. The van der Waals surface area contributed by atoms with Crippen LogP contribution in [0, 0.1) is 5.82 Å². The molecule has 0 fully saturated rings. The maximum absolute atomic E-state index is 15.0. The van der Waals surface area contributed by atoms with E-state index in [9.17, 15) is 9.18 Å². The lowest BCUT2D eigenvalue weighted by molar-refractivity contribution is -0.123. The smallest absolute Gasteiger partial charge is 0.258 e. The fourth-order valence-electron chi connectivity index (χ4n) is 3.76. The number of ether oxygens (including phenoxy) is 2. The van der Waals surface area contributed by atoms with Crippen LogP contribution in [0.4, 0.5) is 4.39 Å². The average Bonchev–Trinajstić information content (AvgIpc) is 3.13. The number of aryl methyl sites for hydroxylation is 1. The first-order valence-corrected chi connectivity index (χ1v) is 10.6. The van der Waals surface area contributed by atoms with Crippen molar-refractivity contribution in [2.45, 2.75) is 32.4 Å². The molecule has 1 atom stereocenters. The van der Waals surface area contributed by atoms with Crippen molar-refractivity contribution < 1.29 is 18.7 Å². The maximum atomic E-state index is 15.0. The number of imidazole rings is 1. The van der Waals surface area contributed by atoms with E-state index in [1.165, 1.54) is 6.07 Å². The Hall–Kier alpha value is -3.95. The largest absolute Gasteiger partial charge is 0.491 e. The highest BCUT2D eigenvalue weighted by molar-refractivity contribution is 6.01. The van der Waals surface area contributed by atoms with Gasteiger partial charge in [0, 0.05) is 31.3 Å². The lowest BCUT2D eigenvalue weighted by Crippen LogP contribution is -2.30. The molecule has 3 aromatic rings. The molecule has 0 saturated heterocycles. The standard InChI is InChI=1S/C23H25FN6O3/c1-13(21(25)31)33-15-11-18-20-19(12-15)32-9-5-4-8-30(20)23(28-18)14-6-7-16(17(24)10-14)22(26-2)29-27-3/h6-7,10-13,27H,2,4-5,8-9H2,1,3H3,(H2,25,31)/b29-22-/t13-/m0/s1. The van der Waals surface area contributed by atoms with Crippen molar-refractivity contribution in [1.82, 2.24) is 15.0 Å². The number of nitrogens with one attached hydrogen (secondary N) is 1. The zero-order valence-corrected chi connectivity index (χ0v) is 18.5. The van der Waals surface area contributed by atoms with Gasteiger partial charge in [0.05, 0.1) is 17.7 Å². The molecule has 10 heteroatoms. The van der Waals surface area contributed by atoms with Gasteiger partial charge in [-0.05, 0) is 38.6 Å². The summed E-state index contributed by atoms with van der Waals surface area (Å²) in [6.45, 7) is 6.28. The zero-order chi connectivity index (χ0) is 23.5. The molecule has 0 aliphatic carbocycles. The van der Waals surface area contributed by atoms with E-state index in [1.54, 1.807) is 38.2 Å². The van der Waals surface area contributed by atoms with Gasteiger partial charge in [-0.3, -0.25) is 4.79 Å². The van der Waals surface area contributed by atoms with E-state index in [-0.39, 0.29) is 11.4 Å². The molecular weight excluding hydrogens is 427 g/mol. The van der Waals surface area contributed by atoms with Crippen LogP contribution in [0.25, 0.3) is 22.4 Å². The van der Waals surface area contributed by atoms with Crippen LogP contribution >= 0.6 is 0 Å². The minimum Gasteiger partial charge on any atom is -0.491 e. The maximum Gasteiger partial charge on any atom is 0.258 e. The predicted molar refractivity (Wildman–Crippen MR) is 124 cm³/mol. The number of hydrazone groups is 1. The second-order valence-electron chi connectivity index (χ2n) is 7.61. The highest BCUT2D eigenvalue weighted by Crippen LogP contribution is 2.37. The number of benzene rings is 2. The highest BCUT2D eigenvalue weighted by Gasteiger charge is 2.22. The van der Waals surface area contributed by atoms with Crippen molar-refractivity contribution >= 4 is 29.5 Å². The number of carbonyl (C=O) groups excluding carboxylic acids is 1. The molecule has 1 amide bonds. The fourth-order valence-corrected chi connectivity index (χ4v) is 3.76. The lowest BCUT2D eigenvalue weighted by Gasteiger charge is -2.18. The van der Waals surface area contributed by atoms with Crippen molar-refractivity contribution in [3.8, 4) is 22.9 Å². The van der Waals surface area contributed by atoms with Gasteiger partial charge in [-0.1, -0.05) is 6.07 Å². The van der Waals surface area contributed by atoms with Crippen molar-refractivity contribution in [2.75, 3.05) is 13.7 Å². The molecule has 1 aliphatic rings. The van der Waals surface area contributed by atoms with Gasteiger partial charge in [0.15, 0.2) is 11.9 Å².